The number of likely N-dealkylation sites (N-methyl/N-ethyl adjacent to an activating group) is 1. The van der Waals surface area contributed by atoms with Crippen molar-refractivity contribution in [1.29, 1.82) is 0 Å². The molecule has 4 amide bonds. The van der Waals surface area contributed by atoms with Crippen LogP contribution in [0.5, 0.6) is 0 Å². The number of hydrogen-bond donors (Lipinski definition) is 4. The van der Waals surface area contributed by atoms with Crippen molar-refractivity contribution in [3.8, 4) is 0 Å². The summed E-state index contributed by atoms with van der Waals surface area (Å²) >= 11 is 0. The van der Waals surface area contributed by atoms with Crippen molar-refractivity contribution in [2.45, 2.75) is 0 Å². The highest BCUT2D eigenvalue weighted by Crippen LogP contribution is 1.93. The van der Waals surface area contributed by atoms with E-state index in [1.807, 2.05) is 14.1 Å². The molecule has 15 heavy (non-hydrogen) atoms. The summed E-state index contributed by atoms with van der Waals surface area (Å²) in [5.74, 6) is 0. The molecule has 0 rings (SSSR count). The fraction of sp³-hybridized carbons (Fsp3) is 0.750. The highest BCUT2D eigenvalue weighted by Gasteiger charge is 2.14. The molecular weight excluding hydrogens is 198 g/mol. The molecule has 7 heteroatoms. The minimum Gasteiger partial charge on any atom is -0.352 e. The fourth-order valence-corrected chi connectivity index (χ4v) is 1.08. The lowest BCUT2D eigenvalue weighted by atomic mass is 10.4. The van der Waals surface area contributed by atoms with Crippen LogP contribution in [0, 0.1) is 0 Å². The summed E-state index contributed by atoms with van der Waals surface area (Å²) in [5, 5.41) is 5.02. The lowest BCUT2D eigenvalue weighted by Crippen LogP contribution is -2.50. The van der Waals surface area contributed by atoms with Gasteiger partial charge in [0.2, 0.25) is 0 Å². The van der Waals surface area contributed by atoms with Crippen LogP contribution in [0.25, 0.3) is 0 Å². The zero-order chi connectivity index (χ0) is 11.9. The molecule has 0 radical (unpaired) electrons. The van der Waals surface area contributed by atoms with Crippen molar-refractivity contribution in [3.63, 3.8) is 0 Å². The molecule has 0 aromatic heterocycles. The number of amides is 4. The van der Waals surface area contributed by atoms with E-state index in [0.29, 0.717) is 17.6 Å². The smallest absolute Gasteiger partial charge is 0.312 e. The van der Waals surface area contributed by atoms with Crippen LogP contribution in [0.3, 0.4) is 0 Å². The molecule has 0 atom stereocenters. The van der Waals surface area contributed by atoms with E-state index in [1.54, 1.807) is 0 Å². The summed E-state index contributed by atoms with van der Waals surface area (Å²) < 4.78 is 0.667. The van der Waals surface area contributed by atoms with E-state index >= 15 is 0 Å². The zero-order valence-electron chi connectivity index (χ0n) is 9.25. The SMILES string of the molecule is C[N+](C)(CCNC(N)=O)CCNC(N)=O. The minimum absolute atomic E-state index is 0.513. The first-order valence-corrected chi connectivity index (χ1v) is 4.72. The van der Waals surface area contributed by atoms with Crippen LogP contribution in [-0.4, -0.2) is 56.8 Å². The number of nitrogens with one attached hydrogen (secondary N) is 2. The number of quaternary nitrogens is 1. The van der Waals surface area contributed by atoms with E-state index in [1.165, 1.54) is 0 Å². The average Bonchev–Trinajstić information content (AvgIpc) is 2.01. The lowest BCUT2D eigenvalue weighted by Gasteiger charge is -2.29. The Hall–Kier alpha value is -1.50. The number of nitrogens with zero attached hydrogens (tertiary/aromatic N) is 1. The second-order valence-electron chi connectivity index (χ2n) is 3.96. The first kappa shape index (κ1) is 13.5. The van der Waals surface area contributed by atoms with Crippen LogP contribution in [-0.2, 0) is 0 Å². The normalized spacial score (nSPS) is 10.8. The number of nitrogens with two attached hydrogens (primary N) is 2. The molecule has 0 spiro atoms. The quantitative estimate of drug-likeness (QED) is 0.403. The van der Waals surface area contributed by atoms with Crippen molar-refractivity contribution in [2.75, 3.05) is 40.3 Å². The number of carbonyl (C=O) groups is 2. The van der Waals surface area contributed by atoms with Crippen LogP contribution in [0.1, 0.15) is 0 Å². The topological polar surface area (TPSA) is 110 Å². The van der Waals surface area contributed by atoms with Crippen molar-refractivity contribution in [2.24, 2.45) is 11.5 Å². The predicted molar refractivity (Wildman–Crippen MR) is 57.0 cm³/mol. The number of urea groups is 2. The molecule has 88 valence electrons. The van der Waals surface area contributed by atoms with Crippen molar-refractivity contribution in [1.82, 2.24) is 10.6 Å². The summed E-state index contributed by atoms with van der Waals surface area (Å²) in [5.41, 5.74) is 9.86. The first-order chi connectivity index (χ1) is 6.83. The molecule has 0 aromatic carbocycles. The second kappa shape index (κ2) is 6.07. The van der Waals surface area contributed by atoms with Gasteiger partial charge in [0, 0.05) is 0 Å². The third-order valence-corrected chi connectivity index (χ3v) is 2.03. The monoisotopic (exact) mass is 218 g/mol. The van der Waals surface area contributed by atoms with Gasteiger partial charge in [0.15, 0.2) is 0 Å². The van der Waals surface area contributed by atoms with Gasteiger partial charge in [0.25, 0.3) is 0 Å². The Morgan fingerprint density at radius 1 is 1.00 bits per heavy atom. The Morgan fingerprint density at radius 3 is 1.60 bits per heavy atom. The van der Waals surface area contributed by atoms with Crippen molar-refractivity contribution >= 4 is 12.1 Å². The maximum absolute atomic E-state index is 10.4. The zero-order valence-corrected chi connectivity index (χ0v) is 9.25. The van der Waals surface area contributed by atoms with Gasteiger partial charge >= 0.3 is 12.1 Å². The Morgan fingerprint density at radius 2 is 1.33 bits per heavy atom. The summed E-state index contributed by atoms with van der Waals surface area (Å²) in [6.07, 6.45) is 0. The van der Waals surface area contributed by atoms with E-state index in [2.05, 4.69) is 10.6 Å². The highest BCUT2D eigenvalue weighted by molar-refractivity contribution is 5.71. The lowest BCUT2D eigenvalue weighted by molar-refractivity contribution is -0.887. The van der Waals surface area contributed by atoms with Gasteiger partial charge in [-0.25, -0.2) is 9.59 Å². The predicted octanol–water partition coefficient (Wildman–Crippen LogP) is -1.60. The maximum Gasteiger partial charge on any atom is 0.312 e. The van der Waals surface area contributed by atoms with E-state index in [0.717, 1.165) is 13.1 Å². The Bertz CT molecular complexity index is 207. The molecule has 0 heterocycles. The van der Waals surface area contributed by atoms with Gasteiger partial charge in [-0.1, -0.05) is 0 Å². The number of carbonyl (C=O) groups excluding carboxylic acids is 2. The number of rotatable bonds is 6. The summed E-state index contributed by atoms with van der Waals surface area (Å²) in [7, 11) is 3.98. The molecule has 0 fully saturated rings. The van der Waals surface area contributed by atoms with Crippen LogP contribution in [0.2, 0.25) is 0 Å². The largest absolute Gasteiger partial charge is 0.352 e. The first-order valence-electron chi connectivity index (χ1n) is 4.72. The van der Waals surface area contributed by atoms with Crippen LogP contribution in [0.15, 0.2) is 0 Å². The Balaban J connectivity index is 3.66. The maximum atomic E-state index is 10.4. The molecule has 0 aliphatic heterocycles. The molecule has 0 bridgehead atoms. The molecule has 6 N–H and O–H groups in total. The molecular formula is C8H20N5O2+. The van der Waals surface area contributed by atoms with Crippen molar-refractivity contribution in [3.05, 3.63) is 0 Å². The molecule has 0 aliphatic rings. The van der Waals surface area contributed by atoms with E-state index in [4.69, 9.17) is 11.5 Å². The fourth-order valence-electron chi connectivity index (χ4n) is 1.08. The Kier molecular flexibility index (Phi) is 5.46. The molecule has 7 nitrogen and oxygen atoms in total. The van der Waals surface area contributed by atoms with Gasteiger partial charge in [-0.05, 0) is 0 Å². The Labute approximate surface area is 89.4 Å². The molecule has 0 saturated heterocycles. The second-order valence-corrected chi connectivity index (χ2v) is 3.96. The highest BCUT2D eigenvalue weighted by atomic mass is 16.2. The van der Waals surface area contributed by atoms with Gasteiger partial charge in [0.05, 0.1) is 40.3 Å². The summed E-state index contributed by atoms with van der Waals surface area (Å²) in [4.78, 5) is 20.8. The third-order valence-electron chi connectivity index (χ3n) is 2.03. The summed E-state index contributed by atoms with van der Waals surface area (Å²) in [6, 6.07) is -1.05. The molecule has 0 aliphatic carbocycles. The van der Waals surface area contributed by atoms with E-state index < -0.39 is 12.1 Å². The van der Waals surface area contributed by atoms with Gasteiger partial charge in [0.1, 0.15) is 0 Å². The molecule has 0 saturated carbocycles. The van der Waals surface area contributed by atoms with Gasteiger partial charge in [-0.2, -0.15) is 0 Å². The average molecular weight is 218 g/mol. The van der Waals surface area contributed by atoms with E-state index in [9.17, 15) is 9.59 Å². The van der Waals surface area contributed by atoms with Crippen molar-refractivity contribution < 1.29 is 14.1 Å². The van der Waals surface area contributed by atoms with Gasteiger partial charge < -0.3 is 26.6 Å². The molecule has 0 aromatic rings. The van der Waals surface area contributed by atoms with Crippen LogP contribution >= 0.6 is 0 Å². The standard InChI is InChI=1S/C8H19N5O2/c1-13(2,5-3-11-7(9)14)6-4-12-8(10)15/h3-6H2,1-2H3,(H5-,9,10,11,12,14,15)/p+1. The van der Waals surface area contributed by atoms with E-state index in [-0.39, 0.29) is 0 Å². The number of hydrogen-bond acceptors (Lipinski definition) is 2. The summed E-state index contributed by atoms with van der Waals surface area (Å²) in [6.45, 7) is 2.50. The van der Waals surface area contributed by atoms with Gasteiger partial charge in [-0.3, -0.25) is 0 Å². The van der Waals surface area contributed by atoms with Crippen LogP contribution < -0.4 is 22.1 Å². The minimum atomic E-state index is -0.523. The molecule has 0 unspecified atom stereocenters. The van der Waals surface area contributed by atoms with Gasteiger partial charge in [-0.15, -0.1) is 0 Å². The van der Waals surface area contributed by atoms with Crippen LogP contribution in [0.4, 0.5) is 9.59 Å². The number of primary amides is 2. The third kappa shape index (κ3) is 8.82.